The van der Waals surface area contributed by atoms with Gasteiger partial charge in [0.1, 0.15) is 0 Å². The van der Waals surface area contributed by atoms with Gasteiger partial charge in [-0.15, -0.1) is 0 Å². The van der Waals surface area contributed by atoms with E-state index in [-0.39, 0.29) is 23.6 Å². The lowest BCUT2D eigenvalue weighted by Gasteiger charge is -2.09. The topological polar surface area (TPSA) is 56.3 Å². The van der Waals surface area contributed by atoms with Crippen LogP contribution in [0.2, 0.25) is 0 Å². The van der Waals surface area contributed by atoms with E-state index in [1.54, 1.807) is 43.3 Å². The zero-order chi connectivity index (χ0) is 16.2. The summed E-state index contributed by atoms with van der Waals surface area (Å²) in [7, 11) is 0. The Hall–Kier alpha value is -3.01. The number of fused-ring (bicyclic) bond motifs is 1. The van der Waals surface area contributed by atoms with Crippen LogP contribution in [0.1, 0.15) is 33.3 Å². The molecule has 0 N–H and O–H groups in total. The van der Waals surface area contributed by atoms with Gasteiger partial charge in [-0.25, -0.2) is 9.78 Å². The largest absolute Gasteiger partial charge is 0.461 e. The third kappa shape index (κ3) is 2.97. The van der Waals surface area contributed by atoms with Gasteiger partial charge in [0.25, 0.3) is 0 Å². The van der Waals surface area contributed by atoms with Crippen molar-refractivity contribution in [1.29, 1.82) is 0 Å². The summed E-state index contributed by atoms with van der Waals surface area (Å²) in [6, 6.07) is 17.9. The van der Waals surface area contributed by atoms with E-state index in [2.05, 4.69) is 4.98 Å². The molecule has 4 nitrogen and oxygen atoms in total. The van der Waals surface area contributed by atoms with E-state index >= 15 is 0 Å². The molecule has 0 atom stereocenters. The Balaban J connectivity index is 2.18. The lowest BCUT2D eigenvalue weighted by Crippen LogP contribution is -2.15. The summed E-state index contributed by atoms with van der Waals surface area (Å²) in [5, 5.41) is 0.805. The Labute approximate surface area is 133 Å². The average Bonchev–Trinajstić information content (AvgIpc) is 2.61. The molecule has 1 aromatic heterocycles. The minimum absolute atomic E-state index is 0.0550. The van der Waals surface area contributed by atoms with Crippen LogP contribution in [0.25, 0.3) is 10.9 Å². The van der Waals surface area contributed by atoms with E-state index < -0.39 is 5.97 Å². The van der Waals surface area contributed by atoms with Crippen molar-refractivity contribution in [3.63, 3.8) is 0 Å². The first-order valence-corrected chi connectivity index (χ1v) is 7.37. The average molecular weight is 305 g/mol. The number of carbonyl (C=O) groups excluding carboxylic acids is 2. The smallest absolute Gasteiger partial charge is 0.357 e. The lowest BCUT2D eigenvalue weighted by molar-refractivity contribution is 0.0517. The highest BCUT2D eigenvalue weighted by Crippen LogP contribution is 2.20. The number of rotatable bonds is 4. The zero-order valence-electron chi connectivity index (χ0n) is 12.7. The summed E-state index contributed by atoms with van der Waals surface area (Å²) in [6.07, 6.45) is 0. The molecular formula is C19H15NO3. The first-order chi connectivity index (χ1) is 11.2. The van der Waals surface area contributed by atoms with Crippen LogP contribution in [0.3, 0.4) is 0 Å². The van der Waals surface area contributed by atoms with Crippen LogP contribution >= 0.6 is 0 Å². The quantitative estimate of drug-likeness (QED) is 0.545. The number of esters is 1. The molecule has 0 spiro atoms. The Bertz CT molecular complexity index is 872. The summed E-state index contributed by atoms with van der Waals surface area (Å²) in [5.41, 5.74) is 1.48. The minimum atomic E-state index is -0.586. The van der Waals surface area contributed by atoms with Crippen LogP contribution in [0.5, 0.6) is 0 Å². The molecule has 114 valence electrons. The third-order valence-electron chi connectivity index (χ3n) is 3.47. The molecular weight excluding hydrogens is 290 g/mol. The lowest BCUT2D eigenvalue weighted by atomic mass is 10.00. The van der Waals surface area contributed by atoms with Crippen LogP contribution in [-0.4, -0.2) is 23.3 Å². The van der Waals surface area contributed by atoms with Gasteiger partial charge in [-0.05, 0) is 19.1 Å². The minimum Gasteiger partial charge on any atom is -0.461 e. The number of hydrogen-bond donors (Lipinski definition) is 0. The predicted molar refractivity (Wildman–Crippen MR) is 87.6 cm³/mol. The molecule has 0 bridgehead atoms. The maximum Gasteiger partial charge on any atom is 0.357 e. The van der Waals surface area contributed by atoms with Crippen LogP contribution in [-0.2, 0) is 4.74 Å². The molecule has 23 heavy (non-hydrogen) atoms. The molecule has 0 amide bonds. The Morgan fingerprint density at radius 3 is 2.43 bits per heavy atom. The number of aromatic nitrogens is 1. The molecule has 0 unspecified atom stereocenters. The van der Waals surface area contributed by atoms with Crippen molar-refractivity contribution in [2.24, 2.45) is 0 Å². The molecule has 4 heteroatoms. The fraction of sp³-hybridized carbons (Fsp3) is 0.105. The number of hydrogen-bond acceptors (Lipinski definition) is 4. The number of para-hydroxylation sites is 1. The fourth-order valence-electron chi connectivity index (χ4n) is 2.39. The van der Waals surface area contributed by atoms with E-state index in [1.165, 1.54) is 0 Å². The van der Waals surface area contributed by atoms with Crippen molar-refractivity contribution in [1.82, 2.24) is 4.98 Å². The molecule has 0 aliphatic rings. The molecule has 0 saturated heterocycles. The molecule has 0 saturated carbocycles. The van der Waals surface area contributed by atoms with Crippen molar-refractivity contribution >= 4 is 22.7 Å². The number of nitrogens with zero attached hydrogens (tertiary/aromatic N) is 1. The zero-order valence-corrected chi connectivity index (χ0v) is 12.7. The van der Waals surface area contributed by atoms with Gasteiger partial charge in [-0.3, -0.25) is 4.79 Å². The summed E-state index contributed by atoms with van der Waals surface area (Å²) in [6.45, 7) is 1.95. The van der Waals surface area contributed by atoms with Gasteiger partial charge in [0, 0.05) is 10.9 Å². The highest BCUT2D eigenvalue weighted by atomic mass is 16.5. The normalized spacial score (nSPS) is 10.5. The van der Waals surface area contributed by atoms with E-state index in [0.29, 0.717) is 11.1 Å². The maximum atomic E-state index is 12.8. The second-order valence-corrected chi connectivity index (χ2v) is 4.99. The van der Waals surface area contributed by atoms with Gasteiger partial charge in [0.15, 0.2) is 11.5 Å². The fourth-order valence-corrected chi connectivity index (χ4v) is 2.39. The van der Waals surface area contributed by atoms with Gasteiger partial charge in [0.05, 0.1) is 17.7 Å². The Kier molecular flexibility index (Phi) is 4.15. The van der Waals surface area contributed by atoms with Gasteiger partial charge < -0.3 is 4.74 Å². The second kappa shape index (κ2) is 6.40. The van der Waals surface area contributed by atoms with Crippen molar-refractivity contribution in [3.05, 3.63) is 77.5 Å². The summed E-state index contributed by atoms with van der Waals surface area (Å²) in [4.78, 5) is 29.3. The predicted octanol–water partition coefficient (Wildman–Crippen LogP) is 3.64. The van der Waals surface area contributed by atoms with Gasteiger partial charge >= 0.3 is 5.97 Å². The monoisotopic (exact) mass is 305 g/mol. The molecule has 3 aromatic rings. The third-order valence-corrected chi connectivity index (χ3v) is 3.47. The van der Waals surface area contributed by atoms with Crippen LogP contribution in [0.15, 0.2) is 60.7 Å². The number of benzene rings is 2. The van der Waals surface area contributed by atoms with Crippen molar-refractivity contribution in [2.75, 3.05) is 6.61 Å². The number of ether oxygens (including phenoxy) is 1. The molecule has 0 aliphatic carbocycles. The Morgan fingerprint density at radius 1 is 1.00 bits per heavy atom. The molecule has 0 aliphatic heterocycles. The van der Waals surface area contributed by atoms with Crippen molar-refractivity contribution in [3.8, 4) is 0 Å². The van der Waals surface area contributed by atoms with E-state index in [1.807, 2.05) is 24.3 Å². The van der Waals surface area contributed by atoms with E-state index in [9.17, 15) is 9.59 Å². The Morgan fingerprint density at radius 2 is 1.70 bits per heavy atom. The highest BCUT2D eigenvalue weighted by Gasteiger charge is 2.22. The van der Waals surface area contributed by atoms with Crippen molar-refractivity contribution in [2.45, 2.75) is 6.92 Å². The standard InChI is InChI=1S/C19H15NO3/c1-2-23-19(22)17-15(18(21)13-8-4-3-5-9-13)12-14-10-6-7-11-16(14)20-17/h3-12H,2H2,1H3. The van der Waals surface area contributed by atoms with Crippen LogP contribution in [0, 0.1) is 0 Å². The summed E-state index contributed by atoms with van der Waals surface area (Å²) >= 11 is 0. The van der Waals surface area contributed by atoms with E-state index in [0.717, 1.165) is 5.39 Å². The molecule has 0 fully saturated rings. The van der Waals surface area contributed by atoms with Crippen LogP contribution < -0.4 is 0 Å². The van der Waals surface area contributed by atoms with E-state index in [4.69, 9.17) is 4.74 Å². The second-order valence-electron chi connectivity index (χ2n) is 4.99. The summed E-state index contributed by atoms with van der Waals surface area (Å²) in [5.74, 6) is -0.829. The summed E-state index contributed by atoms with van der Waals surface area (Å²) < 4.78 is 5.05. The first-order valence-electron chi connectivity index (χ1n) is 7.37. The van der Waals surface area contributed by atoms with Gasteiger partial charge in [0.2, 0.25) is 0 Å². The van der Waals surface area contributed by atoms with Crippen LogP contribution in [0.4, 0.5) is 0 Å². The molecule has 3 rings (SSSR count). The SMILES string of the molecule is CCOC(=O)c1nc2ccccc2cc1C(=O)c1ccccc1. The first kappa shape index (κ1) is 14.9. The number of carbonyl (C=O) groups is 2. The maximum absolute atomic E-state index is 12.8. The number of pyridine rings is 1. The molecule has 0 radical (unpaired) electrons. The molecule has 2 aromatic carbocycles. The highest BCUT2D eigenvalue weighted by molar-refractivity contribution is 6.15. The molecule has 1 heterocycles. The van der Waals surface area contributed by atoms with Gasteiger partial charge in [-0.2, -0.15) is 0 Å². The van der Waals surface area contributed by atoms with Gasteiger partial charge in [-0.1, -0.05) is 48.5 Å². The number of ketones is 1. The van der Waals surface area contributed by atoms with Crippen molar-refractivity contribution < 1.29 is 14.3 Å².